The van der Waals surface area contributed by atoms with Crippen LogP contribution >= 0.6 is 0 Å². The topological polar surface area (TPSA) is 63.2 Å². The first-order valence-electron chi connectivity index (χ1n) is 5.74. The average molecular weight is 267 g/mol. The Morgan fingerprint density at radius 1 is 1.28 bits per heavy atom. The highest BCUT2D eigenvalue weighted by Gasteiger charge is 2.10. The van der Waals surface area contributed by atoms with Crippen LogP contribution in [-0.4, -0.2) is 14.2 Å². The summed E-state index contributed by atoms with van der Waals surface area (Å²) in [4.78, 5) is 11.4. The SMILES string of the molecule is CCCC(=O)/C=C\NS(=O)(=O)c1ccc(C)cc1. The van der Waals surface area contributed by atoms with Crippen LogP contribution in [0.1, 0.15) is 25.3 Å². The molecule has 18 heavy (non-hydrogen) atoms. The van der Waals surface area contributed by atoms with E-state index in [1.165, 1.54) is 24.4 Å². The molecular formula is C13H17NO3S. The Kier molecular flexibility index (Phi) is 5.09. The Hall–Kier alpha value is -1.62. The molecule has 0 saturated heterocycles. The molecule has 5 heteroatoms. The third-order valence-corrected chi connectivity index (χ3v) is 3.66. The highest BCUT2D eigenvalue weighted by molar-refractivity contribution is 7.89. The van der Waals surface area contributed by atoms with Crippen molar-refractivity contribution in [3.63, 3.8) is 0 Å². The lowest BCUT2D eigenvalue weighted by Gasteiger charge is -2.03. The summed E-state index contributed by atoms with van der Waals surface area (Å²) in [7, 11) is -3.58. The number of carbonyl (C=O) groups excluding carboxylic acids is 1. The van der Waals surface area contributed by atoms with Crippen molar-refractivity contribution in [3.05, 3.63) is 42.1 Å². The Balaban J connectivity index is 2.71. The summed E-state index contributed by atoms with van der Waals surface area (Å²) >= 11 is 0. The van der Waals surface area contributed by atoms with Crippen LogP contribution in [0.5, 0.6) is 0 Å². The van der Waals surface area contributed by atoms with Crippen molar-refractivity contribution >= 4 is 15.8 Å². The minimum Gasteiger partial charge on any atom is -0.295 e. The van der Waals surface area contributed by atoms with Crippen LogP contribution in [-0.2, 0) is 14.8 Å². The number of hydrogen-bond acceptors (Lipinski definition) is 3. The summed E-state index contributed by atoms with van der Waals surface area (Å²) in [5, 5.41) is 0. The second-order valence-corrected chi connectivity index (χ2v) is 5.70. The number of carbonyl (C=O) groups is 1. The van der Waals surface area contributed by atoms with Gasteiger partial charge in [0.25, 0.3) is 10.0 Å². The zero-order valence-electron chi connectivity index (χ0n) is 10.5. The quantitative estimate of drug-likeness (QED) is 0.803. The molecule has 98 valence electrons. The number of aryl methyl sites for hydroxylation is 1. The molecule has 1 rings (SSSR count). The van der Waals surface area contributed by atoms with Gasteiger partial charge in [0, 0.05) is 12.6 Å². The average Bonchev–Trinajstić information content (AvgIpc) is 2.29. The van der Waals surface area contributed by atoms with Crippen LogP contribution in [0.3, 0.4) is 0 Å². The second-order valence-electron chi connectivity index (χ2n) is 3.98. The van der Waals surface area contributed by atoms with Gasteiger partial charge in [-0.2, -0.15) is 0 Å². The summed E-state index contributed by atoms with van der Waals surface area (Å²) < 4.78 is 25.9. The number of ketones is 1. The van der Waals surface area contributed by atoms with E-state index in [1.807, 2.05) is 13.8 Å². The molecule has 1 N–H and O–H groups in total. The summed E-state index contributed by atoms with van der Waals surface area (Å²) in [6, 6.07) is 6.50. The van der Waals surface area contributed by atoms with Crippen molar-refractivity contribution in [2.75, 3.05) is 0 Å². The largest absolute Gasteiger partial charge is 0.295 e. The van der Waals surface area contributed by atoms with Crippen LogP contribution in [0.4, 0.5) is 0 Å². The van der Waals surface area contributed by atoms with E-state index in [0.29, 0.717) is 6.42 Å². The first-order valence-corrected chi connectivity index (χ1v) is 7.22. The van der Waals surface area contributed by atoms with Crippen LogP contribution in [0, 0.1) is 6.92 Å². The third kappa shape index (κ3) is 4.33. The summed E-state index contributed by atoms with van der Waals surface area (Å²) in [6.07, 6.45) is 3.58. The van der Waals surface area contributed by atoms with E-state index in [9.17, 15) is 13.2 Å². The van der Waals surface area contributed by atoms with Crippen molar-refractivity contribution in [2.24, 2.45) is 0 Å². The van der Waals surface area contributed by atoms with Crippen LogP contribution in [0.15, 0.2) is 41.4 Å². The first kappa shape index (κ1) is 14.4. The normalized spacial score (nSPS) is 11.7. The number of sulfonamides is 1. The van der Waals surface area contributed by atoms with Gasteiger partial charge >= 0.3 is 0 Å². The minimum absolute atomic E-state index is 0.0934. The van der Waals surface area contributed by atoms with E-state index >= 15 is 0 Å². The first-order chi connectivity index (χ1) is 8.45. The van der Waals surface area contributed by atoms with Crippen molar-refractivity contribution < 1.29 is 13.2 Å². The van der Waals surface area contributed by atoms with Crippen molar-refractivity contribution in [1.29, 1.82) is 0 Å². The number of benzene rings is 1. The van der Waals surface area contributed by atoms with Gasteiger partial charge in [-0.1, -0.05) is 24.6 Å². The van der Waals surface area contributed by atoms with E-state index in [0.717, 1.165) is 12.0 Å². The van der Waals surface area contributed by atoms with Gasteiger partial charge in [-0.25, -0.2) is 8.42 Å². The van der Waals surface area contributed by atoms with Gasteiger partial charge in [0.15, 0.2) is 5.78 Å². The molecule has 0 aliphatic carbocycles. The Morgan fingerprint density at radius 2 is 1.89 bits per heavy atom. The molecule has 0 fully saturated rings. The number of nitrogens with one attached hydrogen (secondary N) is 1. The van der Waals surface area contributed by atoms with Crippen LogP contribution in [0.25, 0.3) is 0 Å². The van der Waals surface area contributed by atoms with Crippen molar-refractivity contribution in [3.8, 4) is 0 Å². The minimum atomic E-state index is -3.58. The molecule has 0 aromatic heterocycles. The van der Waals surface area contributed by atoms with E-state index < -0.39 is 10.0 Å². The van der Waals surface area contributed by atoms with E-state index in [2.05, 4.69) is 4.72 Å². The van der Waals surface area contributed by atoms with Gasteiger partial charge in [-0.15, -0.1) is 0 Å². The van der Waals surface area contributed by atoms with Gasteiger partial charge in [-0.05, 0) is 31.6 Å². The van der Waals surface area contributed by atoms with E-state index in [4.69, 9.17) is 0 Å². The molecule has 0 radical (unpaired) electrons. The summed E-state index contributed by atoms with van der Waals surface area (Å²) in [6.45, 7) is 3.77. The number of hydrogen-bond donors (Lipinski definition) is 1. The predicted octanol–water partition coefficient (Wildman–Crippen LogP) is 2.16. The Bertz CT molecular complexity index is 530. The predicted molar refractivity (Wildman–Crippen MR) is 70.6 cm³/mol. The standard InChI is InChI=1S/C13H17NO3S/c1-3-4-12(15)9-10-14-18(16,17)13-7-5-11(2)6-8-13/h5-10,14H,3-4H2,1-2H3/b10-9-. The lowest BCUT2D eigenvalue weighted by Crippen LogP contribution is -2.18. The molecule has 0 heterocycles. The van der Waals surface area contributed by atoms with Crippen LogP contribution < -0.4 is 4.72 Å². The van der Waals surface area contributed by atoms with Crippen LogP contribution in [0.2, 0.25) is 0 Å². The summed E-state index contributed by atoms with van der Waals surface area (Å²) in [5.74, 6) is -0.0934. The third-order valence-electron chi connectivity index (χ3n) is 2.32. The Labute approximate surface area is 108 Å². The molecule has 0 bridgehead atoms. The number of rotatable bonds is 6. The van der Waals surface area contributed by atoms with E-state index in [-0.39, 0.29) is 10.7 Å². The lowest BCUT2D eigenvalue weighted by molar-refractivity contribution is -0.114. The molecule has 4 nitrogen and oxygen atoms in total. The maximum Gasteiger partial charge on any atom is 0.261 e. The molecule has 0 aliphatic rings. The fourth-order valence-electron chi connectivity index (χ4n) is 1.33. The molecule has 0 amide bonds. The zero-order chi connectivity index (χ0) is 13.6. The van der Waals surface area contributed by atoms with Gasteiger partial charge in [-0.3, -0.25) is 9.52 Å². The lowest BCUT2D eigenvalue weighted by atomic mass is 10.2. The smallest absolute Gasteiger partial charge is 0.261 e. The number of allylic oxidation sites excluding steroid dienone is 1. The monoisotopic (exact) mass is 267 g/mol. The maximum atomic E-state index is 11.8. The maximum absolute atomic E-state index is 11.8. The molecular weight excluding hydrogens is 250 g/mol. The molecule has 1 aromatic carbocycles. The van der Waals surface area contributed by atoms with Gasteiger partial charge < -0.3 is 0 Å². The summed E-state index contributed by atoms with van der Waals surface area (Å²) in [5.41, 5.74) is 0.989. The second kappa shape index (κ2) is 6.35. The van der Waals surface area contributed by atoms with Crippen molar-refractivity contribution in [2.45, 2.75) is 31.6 Å². The highest BCUT2D eigenvalue weighted by Crippen LogP contribution is 2.09. The molecule has 0 unspecified atom stereocenters. The fourth-order valence-corrected chi connectivity index (χ4v) is 2.21. The fraction of sp³-hybridized carbons (Fsp3) is 0.308. The van der Waals surface area contributed by atoms with E-state index in [1.54, 1.807) is 12.1 Å². The highest BCUT2D eigenvalue weighted by atomic mass is 32.2. The van der Waals surface area contributed by atoms with Crippen molar-refractivity contribution in [1.82, 2.24) is 4.72 Å². The molecule has 1 aromatic rings. The van der Waals surface area contributed by atoms with Gasteiger partial charge in [0.05, 0.1) is 4.90 Å². The molecule has 0 aliphatic heterocycles. The van der Waals surface area contributed by atoms with Gasteiger partial charge in [0.2, 0.25) is 0 Å². The van der Waals surface area contributed by atoms with Gasteiger partial charge in [0.1, 0.15) is 0 Å². The molecule has 0 spiro atoms. The molecule has 0 saturated carbocycles. The molecule has 0 atom stereocenters. The Morgan fingerprint density at radius 3 is 2.44 bits per heavy atom. The zero-order valence-corrected chi connectivity index (χ0v) is 11.3.